The lowest BCUT2D eigenvalue weighted by atomic mass is 10.2. The minimum absolute atomic E-state index is 0.105. The zero-order chi connectivity index (χ0) is 19.8. The van der Waals surface area contributed by atoms with Crippen LogP contribution in [0.15, 0.2) is 23.1 Å². The van der Waals surface area contributed by atoms with Crippen LogP contribution in [0.2, 0.25) is 0 Å². The van der Waals surface area contributed by atoms with Crippen molar-refractivity contribution in [1.82, 2.24) is 10.0 Å². The van der Waals surface area contributed by atoms with Gasteiger partial charge in [0.1, 0.15) is 0 Å². The third kappa shape index (κ3) is 5.96. The number of carbonyl (C=O) groups is 1. The maximum Gasteiger partial charge on any atom is 0.280 e. The van der Waals surface area contributed by atoms with Gasteiger partial charge in [-0.25, -0.2) is 10.0 Å². The summed E-state index contributed by atoms with van der Waals surface area (Å²) in [5.41, 5.74) is 0.892. The Morgan fingerprint density at radius 2 is 1.74 bits per heavy atom. The third-order valence-corrected chi connectivity index (χ3v) is 5.23. The summed E-state index contributed by atoms with van der Waals surface area (Å²) in [6.07, 6.45) is 5.99. The summed E-state index contributed by atoms with van der Waals surface area (Å²) in [6, 6.07) is 5.78. The van der Waals surface area contributed by atoms with Crippen LogP contribution in [-0.4, -0.2) is 47.6 Å². The van der Waals surface area contributed by atoms with E-state index >= 15 is 0 Å². The number of hydrogen-bond acceptors (Lipinski definition) is 6. The van der Waals surface area contributed by atoms with Gasteiger partial charge in [0.05, 0.1) is 18.1 Å². The first-order valence-electron chi connectivity index (χ1n) is 9.32. The fraction of sp³-hybridized carbons (Fsp3) is 0.500. The van der Waals surface area contributed by atoms with E-state index in [-0.39, 0.29) is 5.91 Å². The van der Waals surface area contributed by atoms with Crippen molar-refractivity contribution >= 4 is 40.3 Å². The lowest BCUT2D eigenvalue weighted by molar-refractivity contribution is -0.130. The van der Waals surface area contributed by atoms with Crippen LogP contribution in [0, 0.1) is 0 Å². The minimum Gasteiger partial charge on any atom is -0.490 e. The number of thioether (sulfide) groups is 1. The maximum absolute atomic E-state index is 12.6. The van der Waals surface area contributed by atoms with Gasteiger partial charge < -0.3 is 9.47 Å². The van der Waals surface area contributed by atoms with Gasteiger partial charge in [-0.1, -0.05) is 56.7 Å². The van der Waals surface area contributed by atoms with Crippen molar-refractivity contribution in [2.24, 2.45) is 0 Å². The van der Waals surface area contributed by atoms with Gasteiger partial charge in [-0.05, 0) is 36.6 Å². The highest BCUT2D eigenvalue weighted by Gasteiger charge is 2.33. The van der Waals surface area contributed by atoms with Crippen molar-refractivity contribution in [1.29, 1.82) is 0 Å². The van der Waals surface area contributed by atoms with Crippen LogP contribution >= 0.6 is 24.0 Å². The molecule has 5 nitrogen and oxygen atoms in total. The molecule has 1 aromatic rings. The number of rotatable bonds is 10. The molecule has 0 bridgehead atoms. The molecule has 2 rings (SSSR count). The van der Waals surface area contributed by atoms with E-state index in [1.165, 1.54) is 16.8 Å². The molecular formula is C20H28N2O3S2. The van der Waals surface area contributed by atoms with Crippen molar-refractivity contribution in [2.75, 3.05) is 27.3 Å². The number of ether oxygens (including phenoxy) is 2. The molecule has 0 unspecified atom stereocenters. The molecule has 1 saturated heterocycles. The predicted molar refractivity (Wildman–Crippen MR) is 116 cm³/mol. The summed E-state index contributed by atoms with van der Waals surface area (Å²) >= 11 is 6.61. The van der Waals surface area contributed by atoms with Gasteiger partial charge in [-0.15, -0.1) is 0 Å². The predicted octanol–water partition coefficient (Wildman–Crippen LogP) is 4.72. The Labute approximate surface area is 171 Å². The van der Waals surface area contributed by atoms with E-state index in [9.17, 15) is 4.79 Å². The number of hydrazine groups is 1. The van der Waals surface area contributed by atoms with E-state index in [4.69, 9.17) is 21.7 Å². The van der Waals surface area contributed by atoms with Gasteiger partial charge in [0.25, 0.3) is 5.91 Å². The van der Waals surface area contributed by atoms with Gasteiger partial charge in [0, 0.05) is 14.1 Å². The van der Waals surface area contributed by atoms with Gasteiger partial charge in [-0.3, -0.25) is 4.79 Å². The highest BCUT2D eigenvalue weighted by molar-refractivity contribution is 8.26. The van der Waals surface area contributed by atoms with Crippen molar-refractivity contribution < 1.29 is 14.3 Å². The fourth-order valence-electron chi connectivity index (χ4n) is 2.46. The summed E-state index contributed by atoms with van der Waals surface area (Å²) in [5, 5.41) is 3.19. The number of benzene rings is 1. The molecule has 1 aromatic carbocycles. The lowest BCUT2D eigenvalue weighted by Gasteiger charge is -2.21. The first-order valence-corrected chi connectivity index (χ1v) is 10.5. The second-order valence-electron chi connectivity index (χ2n) is 6.45. The molecule has 0 atom stereocenters. The number of unbranched alkanes of at least 4 members (excludes halogenated alkanes) is 2. The van der Waals surface area contributed by atoms with Crippen molar-refractivity contribution in [3.8, 4) is 11.5 Å². The molecule has 1 amide bonds. The lowest BCUT2D eigenvalue weighted by Crippen LogP contribution is -2.39. The van der Waals surface area contributed by atoms with Gasteiger partial charge in [0.2, 0.25) is 0 Å². The van der Waals surface area contributed by atoms with Crippen molar-refractivity contribution in [2.45, 2.75) is 39.5 Å². The summed E-state index contributed by atoms with van der Waals surface area (Å²) in [6.45, 7) is 5.58. The highest BCUT2D eigenvalue weighted by atomic mass is 32.2. The first-order chi connectivity index (χ1) is 13.0. The van der Waals surface area contributed by atoms with Crippen LogP contribution < -0.4 is 9.47 Å². The Morgan fingerprint density at radius 3 is 2.30 bits per heavy atom. The van der Waals surface area contributed by atoms with Crippen LogP contribution in [0.25, 0.3) is 6.08 Å². The quantitative estimate of drug-likeness (QED) is 0.317. The van der Waals surface area contributed by atoms with Crippen LogP contribution in [-0.2, 0) is 4.79 Å². The molecule has 0 spiro atoms. The van der Waals surface area contributed by atoms with Gasteiger partial charge in [-0.2, -0.15) is 0 Å². The monoisotopic (exact) mass is 408 g/mol. The Kier molecular flexibility index (Phi) is 8.60. The van der Waals surface area contributed by atoms with E-state index < -0.39 is 0 Å². The largest absolute Gasteiger partial charge is 0.490 e. The number of hydrogen-bond donors (Lipinski definition) is 0. The topological polar surface area (TPSA) is 42.0 Å². The Hall–Kier alpha value is -1.57. The van der Waals surface area contributed by atoms with Crippen molar-refractivity contribution in [3.63, 3.8) is 0 Å². The molecule has 0 aliphatic carbocycles. The molecule has 0 radical (unpaired) electrons. The van der Waals surface area contributed by atoms with E-state index in [1.807, 2.05) is 24.3 Å². The second kappa shape index (κ2) is 10.7. The van der Waals surface area contributed by atoms with E-state index in [0.29, 0.717) is 22.4 Å². The van der Waals surface area contributed by atoms with E-state index in [2.05, 4.69) is 13.8 Å². The maximum atomic E-state index is 12.6. The van der Waals surface area contributed by atoms with E-state index in [0.717, 1.165) is 42.7 Å². The fourth-order valence-corrected chi connectivity index (χ4v) is 3.86. The standard InChI is InChI=1S/C20H28N2O3S2/c1-5-7-11-24-16-10-9-15(13-17(16)25-12-8-6-2)14-18-19(23)22(21(3)4)20(26)27-18/h9-10,13-14H,5-8,11-12H2,1-4H3. The average molecular weight is 409 g/mol. The molecule has 0 aromatic heterocycles. The summed E-state index contributed by atoms with van der Waals surface area (Å²) in [4.78, 5) is 13.2. The van der Waals surface area contributed by atoms with Crippen LogP contribution in [0.5, 0.6) is 11.5 Å². The molecule has 0 N–H and O–H groups in total. The Morgan fingerprint density at radius 1 is 1.11 bits per heavy atom. The zero-order valence-electron chi connectivity index (χ0n) is 16.5. The smallest absolute Gasteiger partial charge is 0.280 e. The van der Waals surface area contributed by atoms with Crippen LogP contribution in [0.1, 0.15) is 45.1 Å². The second-order valence-corrected chi connectivity index (χ2v) is 8.13. The molecule has 148 valence electrons. The molecule has 0 saturated carbocycles. The van der Waals surface area contributed by atoms with Crippen LogP contribution in [0.4, 0.5) is 0 Å². The Balaban J connectivity index is 2.22. The third-order valence-electron chi connectivity index (χ3n) is 3.95. The molecular weight excluding hydrogens is 380 g/mol. The SMILES string of the molecule is CCCCOc1ccc(C=C2SC(=S)N(N(C)C)C2=O)cc1OCCCC. The Bertz CT molecular complexity index is 704. The number of nitrogens with zero attached hydrogens (tertiary/aromatic N) is 2. The molecule has 27 heavy (non-hydrogen) atoms. The zero-order valence-corrected chi connectivity index (χ0v) is 18.1. The highest BCUT2D eigenvalue weighted by Crippen LogP contribution is 2.35. The molecule has 7 heteroatoms. The van der Waals surface area contributed by atoms with E-state index in [1.54, 1.807) is 19.1 Å². The summed E-state index contributed by atoms with van der Waals surface area (Å²) in [5.74, 6) is 1.36. The molecule has 1 fully saturated rings. The average Bonchev–Trinajstić information content (AvgIpc) is 2.90. The first kappa shape index (κ1) is 21.7. The molecule has 1 heterocycles. The van der Waals surface area contributed by atoms with Gasteiger partial charge >= 0.3 is 0 Å². The number of amides is 1. The van der Waals surface area contributed by atoms with Crippen LogP contribution in [0.3, 0.4) is 0 Å². The number of thiocarbonyl (C=S) groups is 1. The normalized spacial score (nSPS) is 15.9. The van der Waals surface area contributed by atoms with Gasteiger partial charge in [0.15, 0.2) is 15.8 Å². The number of carbonyl (C=O) groups excluding carboxylic acids is 1. The molecule has 1 aliphatic rings. The molecule has 1 aliphatic heterocycles. The summed E-state index contributed by atoms with van der Waals surface area (Å²) < 4.78 is 12.3. The minimum atomic E-state index is -0.105. The van der Waals surface area contributed by atoms with Crippen molar-refractivity contribution in [3.05, 3.63) is 28.7 Å². The summed E-state index contributed by atoms with van der Waals surface area (Å²) in [7, 11) is 3.60.